The zero-order chi connectivity index (χ0) is 19.0. The maximum absolute atomic E-state index is 12.7. The normalized spacial score (nSPS) is 14.9. The molecule has 1 aromatic carbocycles. The highest BCUT2D eigenvalue weighted by molar-refractivity contribution is 6.00. The summed E-state index contributed by atoms with van der Waals surface area (Å²) >= 11 is 0. The molecule has 0 aliphatic heterocycles. The van der Waals surface area contributed by atoms with E-state index in [4.69, 9.17) is 5.21 Å². The van der Waals surface area contributed by atoms with E-state index < -0.39 is 11.8 Å². The Morgan fingerprint density at radius 1 is 0.920 bits per heavy atom. The highest BCUT2D eigenvalue weighted by Gasteiger charge is 2.30. The molecule has 0 aromatic heterocycles. The lowest BCUT2D eigenvalue weighted by molar-refractivity contribution is -0.141. The van der Waals surface area contributed by atoms with E-state index in [1.54, 1.807) is 5.48 Å². The molecule has 1 rings (SSSR count). The van der Waals surface area contributed by atoms with E-state index >= 15 is 0 Å². The summed E-state index contributed by atoms with van der Waals surface area (Å²) in [6.07, 6.45) is 1.21. The topological polar surface area (TPSA) is 78.4 Å². The van der Waals surface area contributed by atoms with Crippen LogP contribution in [0.5, 0.6) is 0 Å². The SMILES string of the molecule is CC(C)CC(C(=O)NO)C(=O)NC(CC(C)C)C(C)c1ccccc1. The molecular formula is C20H32N2O3. The highest BCUT2D eigenvalue weighted by Crippen LogP contribution is 2.24. The molecule has 2 amide bonds. The monoisotopic (exact) mass is 348 g/mol. The van der Waals surface area contributed by atoms with Crippen molar-refractivity contribution in [2.24, 2.45) is 17.8 Å². The minimum absolute atomic E-state index is 0.0731. The molecule has 140 valence electrons. The van der Waals surface area contributed by atoms with Crippen LogP contribution in [-0.2, 0) is 9.59 Å². The Morgan fingerprint density at radius 2 is 1.48 bits per heavy atom. The lowest BCUT2D eigenvalue weighted by Crippen LogP contribution is -2.47. The van der Waals surface area contributed by atoms with Gasteiger partial charge in [0.05, 0.1) is 0 Å². The highest BCUT2D eigenvalue weighted by atomic mass is 16.5. The van der Waals surface area contributed by atoms with Crippen molar-refractivity contribution < 1.29 is 14.8 Å². The molecule has 0 saturated heterocycles. The molecule has 25 heavy (non-hydrogen) atoms. The predicted molar refractivity (Wildman–Crippen MR) is 99.1 cm³/mol. The largest absolute Gasteiger partial charge is 0.352 e. The molecule has 0 saturated carbocycles. The molecule has 5 heteroatoms. The summed E-state index contributed by atoms with van der Waals surface area (Å²) in [5.74, 6) is -1.16. The second-order valence-electron chi connectivity index (χ2n) is 7.60. The molecule has 1 aromatic rings. The van der Waals surface area contributed by atoms with Crippen LogP contribution in [0.25, 0.3) is 0 Å². The molecule has 0 bridgehead atoms. The van der Waals surface area contributed by atoms with Gasteiger partial charge in [0.15, 0.2) is 0 Å². The van der Waals surface area contributed by atoms with Gasteiger partial charge in [0.25, 0.3) is 5.91 Å². The van der Waals surface area contributed by atoms with Crippen molar-refractivity contribution in [3.63, 3.8) is 0 Å². The van der Waals surface area contributed by atoms with E-state index in [1.807, 2.05) is 32.0 Å². The van der Waals surface area contributed by atoms with Gasteiger partial charge < -0.3 is 5.32 Å². The molecule has 0 heterocycles. The molecule has 0 spiro atoms. The average molecular weight is 348 g/mol. The molecule has 0 radical (unpaired) electrons. The Bertz CT molecular complexity index is 543. The summed E-state index contributed by atoms with van der Waals surface area (Å²) in [4.78, 5) is 24.6. The maximum Gasteiger partial charge on any atom is 0.255 e. The van der Waals surface area contributed by atoms with E-state index in [9.17, 15) is 9.59 Å². The molecular weight excluding hydrogens is 316 g/mol. The first-order chi connectivity index (χ1) is 11.8. The molecule has 5 nitrogen and oxygen atoms in total. The van der Waals surface area contributed by atoms with E-state index in [0.29, 0.717) is 12.3 Å². The van der Waals surface area contributed by atoms with Gasteiger partial charge in [-0.25, -0.2) is 5.48 Å². The van der Waals surface area contributed by atoms with E-state index in [-0.39, 0.29) is 23.8 Å². The smallest absolute Gasteiger partial charge is 0.255 e. The van der Waals surface area contributed by atoms with Gasteiger partial charge in [-0.3, -0.25) is 14.8 Å². The molecule has 0 fully saturated rings. The van der Waals surface area contributed by atoms with Gasteiger partial charge in [0.1, 0.15) is 5.92 Å². The van der Waals surface area contributed by atoms with Crippen LogP contribution in [0, 0.1) is 17.8 Å². The third-order valence-electron chi connectivity index (χ3n) is 4.43. The van der Waals surface area contributed by atoms with Crippen LogP contribution in [-0.4, -0.2) is 23.1 Å². The minimum Gasteiger partial charge on any atom is -0.352 e. The Morgan fingerprint density at radius 3 is 1.96 bits per heavy atom. The second kappa shape index (κ2) is 10.2. The van der Waals surface area contributed by atoms with Crippen molar-refractivity contribution in [1.29, 1.82) is 0 Å². The Kier molecular flexibility index (Phi) is 8.62. The number of hydrogen-bond acceptors (Lipinski definition) is 3. The van der Waals surface area contributed by atoms with Crippen LogP contribution < -0.4 is 10.8 Å². The van der Waals surface area contributed by atoms with Crippen LogP contribution in [0.15, 0.2) is 30.3 Å². The third kappa shape index (κ3) is 6.86. The predicted octanol–water partition coefficient (Wildman–Crippen LogP) is 3.49. The standard InChI is InChI=1S/C20H32N2O3/c1-13(2)11-17(20(24)22-25)19(23)21-18(12-14(3)4)15(5)16-9-7-6-8-10-16/h6-10,13-15,17-18,25H,11-12H2,1-5H3,(H,21,23)(H,22,24). The first-order valence-electron chi connectivity index (χ1n) is 9.05. The number of nitrogens with one attached hydrogen (secondary N) is 2. The van der Waals surface area contributed by atoms with E-state index in [2.05, 4.69) is 38.2 Å². The van der Waals surface area contributed by atoms with Gasteiger partial charge in [0, 0.05) is 12.0 Å². The lowest BCUT2D eigenvalue weighted by atomic mass is 9.87. The summed E-state index contributed by atoms with van der Waals surface area (Å²) in [6.45, 7) is 10.2. The number of rotatable bonds is 9. The van der Waals surface area contributed by atoms with Crippen LogP contribution in [0.4, 0.5) is 0 Å². The fourth-order valence-electron chi connectivity index (χ4n) is 3.05. The summed E-state index contributed by atoms with van der Waals surface area (Å²) in [6, 6.07) is 9.97. The number of carbonyl (C=O) groups is 2. The number of benzene rings is 1. The van der Waals surface area contributed by atoms with Gasteiger partial charge in [-0.05, 0) is 30.2 Å². The first-order valence-corrected chi connectivity index (χ1v) is 9.05. The molecule has 3 unspecified atom stereocenters. The van der Waals surface area contributed by atoms with E-state index in [1.165, 1.54) is 0 Å². The van der Waals surface area contributed by atoms with E-state index in [0.717, 1.165) is 12.0 Å². The van der Waals surface area contributed by atoms with Crippen molar-refractivity contribution in [2.45, 2.75) is 59.4 Å². The summed E-state index contributed by atoms with van der Waals surface area (Å²) < 4.78 is 0. The average Bonchev–Trinajstić information content (AvgIpc) is 2.57. The summed E-state index contributed by atoms with van der Waals surface area (Å²) in [5.41, 5.74) is 2.78. The number of hydroxylamine groups is 1. The number of hydrogen-bond donors (Lipinski definition) is 3. The number of amides is 2. The Balaban J connectivity index is 2.95. The van der Waals surface area contributed by atoms with Gasteiger partial charge >= 0.3 is 0 Å². The van der Waals surface area contributed by atoms with Crippen LogP contribution in [0.1, 0.15) is 58.9 Å². The minimum atomic E-state index is -0.886. The van der Waals surface area contributed by atoms with Gasteiger partial charge in [-0.15, -0.1) is 0 Å². The molecule has 0 aliphatic carbocycles. The van der Waals surface area contributed by atoms with Crippen molar-refractivity contribution in [3.05, 3.63) is 35.9 Å². The van der Waals surface area contributed by atoms with Crippen LogP contribution in [0.3, 0.4) is 0 Å². The molecule has 3 N–H and O–H groups in total. The zero-order valence-corrected chi connectivity index (χ0v) is 16.0. The van der Waals surface area contributed by atoms with Crippen molar-refractivity contribution in [1.82, 2.24) is 10.8 Å². The lowest BCUT2D eigenvalue weighted by Gasteiger charge is -2.29. The van der Waals surface area contributed by atoms with Gasteiger partial charge in [-0.2, -0.15) is 0 Å². The van der Waals surface area contributed by atoms with Crippen molar-refractivity contribution >= 4 is 11.8 Å². The zero-order valence-electron chi connectivity index (χ0n) is 16.0. The second-order valence-corrected chi connectivity index (χ2v) is 7.60. The van der Waals surface area contributed by atoms with Crippen LogP contribution in [0.2, 0.25) is 0 Å². The fraction of sp³-hybridized carbons (Fsp3) is 0.600. The molecule has 3 atom stereocenters. The van der Waals surface area contributed by atoms with Crippen molar-refractivity contribution in [2.75, 3.05) is 0 Å². The van der Waals surface area contributed by atoms with Crippen molar-refractivity contribution in [3.8, 4) is 0 Å². The first kappa shape index (κ1) is 21.2. The van der Waals surface area contributed by atoms with Gasteiger partial charge in [-0.1, -0.05) is 65.0 Å². The summed E-state index contributed by atoms with van der Waals surface area (Å²) in [7, 11) is 0. The van der Waals surface area contributed by atoms with Crippen LogP contribution >= 0.6 is 0 Å². The number of carbonyl (C=O) groups excluding carboxylic acids is 2. The maximum atomic E-state index is 12.7. The third-order valence-corrected chi connectivity index (χ3v) is 4.43. The summed E-state index contributed by atoms with van der Waals surface area (Å²) in [5, 5.41) is 12.0. The Hall–Kier alpha value is -1.88. The molecule has 0 aliphatic rings. The Labute approximate surface area is 151 Å². The quantitative estimate of drug-likeness (QED) is 0.363. The fourth-order valence-corrected chi connectivity index (χ4v) is 3.05. The van der Waals surface area contributed by atoms with Gasteiger partial charge in [0.2, 0.25) is 5.91 Å².